The van der Waals surface area contributed by atoms with Crippen LogP contribution in [0.15, 0.2) is 70.5 Å². The molecule has 3 aromatic carbocycles. The van der Waals surface area contributed by atoms with Crippen LogP contribution in [0.2, 0.25) is 5.02 Å². The molecule has 0 saturated heterocycles. The van der Waals surface area contributed by atoms with Crippen LogP contribution in [0.1, 0.15) is 0 Å². The summed E-state index contributed by atoms with van der Waals surface area (Å²) < 4.78 is 34.9. The number of aromatic nitrogens is 3. The molecule has 0 saturated carbocycles. The van der Waals surface area contributed by atoms with Gasteiger partial charge < -0.3 is 9.72 Å². The highest BCUT2D eigenvalue weighted by atomic mass is 35.5. The second-order valence-electron chi connectivity index (χ2n) is 7.29. The molecule has 1 N–H and O–H groups in total. The Balaban J connectivity index is 1.78. The first kappa shape index (κ1) is 20.8. The van der Waals surface area contributed by atoms with E-state index in [1.54, 1.807) is 24.4 Å². The molecule has 33 heavy (non-hydrogen) atoms. The first-order chi connectivity index (χ1) is 15.9. The summed E-state index contributed by atoms with van der Waals surface area (Å²) >= 11 is 6.13. The molecular formula is C24H14ClF2N3O3. The van der Waals surface area contributed by atoms with Crippen LogP contribution >= 0.6 is 11.6 Å². The number of nitrogens with one attached hydrogen (secondary N) is 1. The maximum atomic E-state index is 15.1. The Labute approximate surface area is 189 Å². The zero-order valence-electron chi connectivity index (χ0n) is 17.0. The molecule has 0 aliphatic rings. The third-order valence-corrected chi connectivity index (χ3v) is 5.72. The molecule has 0 spiro atoms. The number of fused-ring (bicyclic) bond motifs is 2. The number of pyridine rings is 1. The molecular weight excluding hydrogens is 452 g/mol. The Bertz CT molecular complexity index is 1690. The van der Waals surface area contributed by atoms with Crippen LogP contribution in [0, 0.1) is 11.6 Å². The zero-order chi connectivity index (χ0) is 23.3. The van der Waals surface area contributed by atoms with Crippen molar-refractivity contribution in [3.05, 3.63) is 98.4 Å². The van der Waals surface area contributed by atoms with Gasteiger partial charge in [-0.3, -0.25) is 9.78 Å². The van der Waals surface area contributed by atoms with Crippen LogP contribution < -0.4 is 16.0 Å². The van der Waals surface area contributed by atoms with Crippen molar-refractivity contribution < 1.29 is 13.5 Å². The Morgan fingerprint density at radius 1 is 0.970 bits per heavy atom. The quantitative estimate of drug-likeness (QED) is 0.414. The Morgan fingerprint density at radius 2 is 1.76 bits per heavy atom. The molecule has 0 fully saturated rings. The van der Waals surface area contributed by atoms with Crippen molar-refractivity contribution >= 4 is 33.3 Å². The lowest BCUT2D eigenvalue weighted by molar-refractivity contribution is 0.387. The minimum absolute atomic E-state index is 0.0228. The second kappa shape index (κ2) is 7.83. The summed E-state index contributed by atoms with van der Waals surface area (Å²) in [7, 11) is 1.27. The SMILES string of the molecule is COc1cc(-c2cc3[nH]c(=O)n(-c4cncc5ccccc45)c(=O)c3cc2F)c(Cl)cc1F. The van der Waals surface area contributed by atoms with E-state index in [0.29, 0.717) is 5.39 Å². The highest BCUT2D eigenvalue weighted by Crippen LogP contribution is 2.36. The molecule has 0 bridgehead atoms. The summed E-state index contributed by atoms with van der Waals surface area (Å²) in [5.74, 6) is -1.60. The zero-order valence-corrected chi connectivity index (χ0v) is 17.8. The number of hydrogen-bond donors (Lipinski definition) is 1. The van der Waals surface area contributed by atoms with E-state index in [0.717, 1.165) is 22.1 Å². The number of H-pyrrole nitrogens is 1. The highest BCUT2D eigenvalue weighted by Gasteiger charge is 2.18. The van der Waals surface area contributed by atoms with Crippen molar-refractivity contribution in [3.63, 3.8) is 0 Å². The van der Waals surface area contributed by atoms with E-state index in [2.05, 4.69) is 9.97 Å². The molecule has 9 heteroatoms. The number of hydrogen-bond acceptors (Lipinski definition) is 4. The summed E-state index contributed by atoms with van der Waals surface area (Å²) in [6, 6.07) is 11.7. The van der Waals surface area contributed by atoms with E-state index in [-0.39, 0.29) is 38.5 Å². The van der Waals surface area contributed by atoms with Gasteiger partial charge in [-0.15, -0.1) is 0 Å². The predicted octanol–water partition coefficient (Wildman–Crippen LogP) is 4.83. The molecule has 0 radical (unpaired) electrons. The van der Waals surface area contributed by atoms with Crippen molar-refractivity contribution in [1.29, 1.82) is 0 Å². The van der Waals surface area contributed by atoms with Crippen molar-refractivity contribution in [1.82, 2.24) is 14.5 Å². The Hall–Kier alpha value is -4.04. The van der Waals surface area contributed by atoms with Crippen LogP contribution in [0.5, 0.6) is 5.75 Å². The second-order valence-corrected chi connectivity index (χ2v) is 7.70. The van der Waals surface area contributed by atoms with E-state index < -0.39 is 22.9 Å². The van der Waals surface area contributed by atoms with Crippen molar-refractivity contribution in [2.24, 2.45) is 0 Å². The fourth-order valence-corrected chi connectivity index (χ4v) is 4.09. The molecule has 0 aliphatic heterocycles. The normalized spacial score (nSPS) is 11.3. The van der Waals surface area contributed by atoms with E-state index in [1.807, 2.05) is 6.07 Å². The van der Waals surface area contributed by atoms with Gasteiger partial charge in [0.2, 0.25) is 0 Å². The summed E-state index contributed by atoms with van der Waals surface area (Å²) in [6.07, 6.45) is 3.02. The first-order valence-electron chi connectivity index (χ1n) is 9.74. The maximum absolute atomic E-state index is 15.1. The third kappa shape index (κ3) is 3.35. The first-order valence-corrected chi connectivity index (χ1v) is 10.1. The van der Waals surface area contributed by atoms with Crippen LogP contribution in [-0.2, 0) is 0 Å². The van der Waals surface area contributed by atoms with Crippen molar-refractivity contribution in [3.8, 4) is 22.6 Å². The van der Waals surface area contributed by atoms with Crippen LogP contribution in [0.25, 0.3) is 38.5 Å². The maximum Gasteiger partial charge on any atom is 0.333 e. The molecule has 5 rings (SSSR count). The average Bonchev–Trinajstić information content (AvgIpc) is 2.80. The van der Waals surface area contributed by atoms with E-state index in [1.165, 1.54) is 25.4 Å². The van der Waals surface area contributed by atoms with Crippen LogP contribution in [-0.4, -0.2) is 21.6 Å². The standard InChI is InChI=1S/C24H14ClF2N3O3/c1-33-22-8-14(17(25)9-19(22)27)15-7-20-16(6-18(15)26)23(31)30(24(32)29-20)21-11-28-10-12-4-2-3-5-13(12)21/h2-11H,1H3,(H,29,32). The minimum atomic E-state index is -0.773. The number of rotatable bonds is 3. The predicted molar refractivity (Wildman–Crippen MR) is 122 cm³/mol. The number of aromatic amines is 1. The summed E-state index contributed by atoms with van der Waals surface area (Å²) in [5, 5.41) is 1.28. The molecule has 0 aliphatic carbocycles. The largest absolute Gasteiger partial charge is 0.494 e. The summed E-state index contributed by atoms with van der Waals surface area (Å²) in [6.45, 7) is 0. The number of halogens is 3. The summed E-state index contributed by atoms with van der Waals surface area (Å²) in [5.41, 5.74) is -0.920. The van der Waals surface area contributed by atoms with Gasteiger partial charge in [0.1, 0.15) is 5.82 Å². The number of benzene rings is 3. The molecule has 2 heterocycles. The molecule has 0 amide bonds. The Morgan fingerprint density at radius 3 is 2.55 bits per heavy atom. The lowest BCUT2D eigenvalue weighted by atomic mass is 10.0. The van der Waals surface area contributed by atoms with Gasteiger partial charge in [0, 0.05) is 28.1 Å². The number of ether oxygens (including phenoxy) is 1. The van der Waals surface area contributed by atoms with E-state index >= 15 is 4.39 Å². The third-order valence-electron chi connectivity index (χ3n) is 5.41. The molecule has 0 unspecified atom stereocenters. The Kier molecular flexibility index (Phi) is 4.94. The number of methoxy groups -OCH3 is 1. The van der Waals surface area contributed by atoms with Crippen LogP contribution in [0.4, 0.5) is 8.78 Å². The minimum Gasteiger partial charge on any atom is -0.494 e. The van der Waals surface area contributed by atoms with Crippen molar-refractivity contribution in [2.75, 3.05) is 7.11 Å². The molecule has 2 aromatic heterocycles. The van der Waals surface area contributed by atoms with Gasteiger partial charge in [-0.25, -0.2) is 18.1 Å². The topological polar surface area (TPSA) is 77.0 Å². The van der Waals surface area contributed by atoms with Crippen LogP contribution in [0.3, 0.4) is 0 Å². The fraction of sp³-hybridized carbons (Fsp3) is 0.0417. The molecule has 0 atom stereocenters. The van der Waals surface area contributed by atoms with Crippen molar-refractivity contribution in [2.45, 2.75) is 0 Å². The monoisotopic (exact) mass is 465 g/mol. The molecule has 164 valence electrons. The van der Waals surface area contributed by atoms with Gasteiger partial charge in [-0.2, -0.15) is 0 Å². The van der Waals surface area contributed by atoms with E-state index in [9.17, 15) is 14.0 Å². The van der Waals surface area contributed by atoms with Gasteiger partial charge in [0.25, 0.3) is 5.56 Å². The lowest BCUT2D eigenvalue weighted by Gasteiger charge is -2.12. The smallest absolute Gasteiger partial charge is 0.333 e. The lowest BCUT2D eigenvalue weighted by Crippen LogP contribution is -2.34. The average molecular weight is 466 g/mol. The van der Waals surface area contributed by atoms with Gasteiger partial charge >= 0.3 is 5.69 Å². The number of nitrogens with zero attached hydrogens (tertiary/aromatic N) is 2. The van der Waals surface area contributed by atoms with Gasteiger partial charge in [0.05, 0.1) is 34.9 Å². The van der Waals surface area contributed by atoms with Gasteiger partial charge in [-0.05, 0) is 24.3 Å². The summed E-state index contributed by atoms with van der Waals surface area (Å²) in [4.78, 5) is 32.9. The molecule has 6 nitrogen and oxygen atoms in total. The fourth-order valence-electron chi connectivity index (χ4n) is 3.83. The van der Waals surface area contributed by atoms with Gasteiger partial charge in [0.15, 0.2) is 11.6 Å². The molecule has 5 aromatic rings. The van der Waals surface area contributed by atoms with E-state index in [4.69, 9.17) is 16.3 Å². The highest BCUT2D eigenvalue weighted by molar-refractivity contribution is 6.33. The van der Waals surface area contributed by atoms with Gasteiger partial charge in [-0.1, -0.05) is 35.9 Å².